The summed E-state index contributed by atoms with van der Waals surface area (Å²) < 4.78 is 11.4. The highest BCUT2D eigenvalue weighted by atomic mass is 79.9. The van der Waals surface area contributed by atoms with E-state index >= 15 is 0 Å². The quantitative estimate of drug-likeness (QED) is 0.192. The number of esters is 1. The summed E-state index contributed by atoms with van der Waals surface area (Å²) in [5, 5.41) is 4.75. The van der Waals surface area contributed by atoms with Gasteiger partial charge in [-0.3, -0.25) is 4.79 Å². The predicted octanol–water partition coefficient (Wildman–Crippen LogP) is 5.50. The van der Waals surface area contributed by atoms with E-state index in [-0.39, 0.29) is 12.2 Å². The van der Waals surface area contributed by atoms with Gasteiger partial charge >= 0.3 is 5.97 Å². The van der Waals surface area contributed by atoms with E-state index in [9.17, 15) is 9.59 Å². The van der Waals surface area contributed by atoms with Crippen molar-refractivity contribution in [2.75, 3.05) is 6.61 Å². The lowest BCUT2D eigenvalue weighted by Crippen LogP contribution is -2.24. The number of carbonyl (C=O) groups excluding carboxylic acids is 2. The highest BCUT2D eigenvalue weighted by molar-refractivity contribution is 9.10. The fraction of sp³-hybridized carbons (Fsp3) is 0.0455. The Balaban J connectivity index is 1.48. The SMILES string of the molecule is O=C(COc1ccc(Cl)cc1Br)N/N=C/c1ccc(OC(=O)c2ccccc2Cl)cc1. The van der Waals surface area contributed by atoms with E-state index in [0.717, 1.165) is 0 Å². The van der Waals surface area contributed by atoms with Crippen LogP contribution in [0.4, 0.5) is 0 Å². The zero-order valence-electron chi connectivity index (χ0n) is 15.8. The van der Waals surface area contributed by atoms with Crippen molar-refractivity contribution >= 4 is 57.2 Å². The zero-order valence-corrected chi connectivity index (χ0v) is 18.9. The first-order valence-corrected chi connectivity index (χ1v) is 10.4. The number of benzene rings is 3. The van der Waals surface area contributed by atoms with Gasteiger partial charge in [0.15, 0.2) is 6.61 Å². The Bertz CT molecular complexity index is 1120. The van der Waals surface area contributed by atoms with E-state index in [4.69, 9.17) is 32.7 Å². The number of halogens is 3. The monoisotopic (exact) mass is 520 g/mol. The molecule has 0 atom stereocenters. The summed E-state index contributed by atoms with van der Waals surface area (Å²) >= 11 is 15.2. The fourth-order valence-corrected chi connectivity index (χ4v) is 3.37. The van der Waals surface area contributed by atoms with E-state index in [1.165, 1.54) is 6.21 Å². The number of hydrazone groups is 1. The Kier molecular flexibility index (Phi) is 8.06. The van der Waals surface area contributed by atoms with Crippen LogP contribution in [-0.2, 0) is 4.79 Å². The second-order valence-corrected chi connectivity index (χ2v) is 7.79. The molecule has 0 fully saturated rings. The molecule has 0 saturated heterocycles. The van der Waals surface area contributed by atoms with Gasteiger partial charge in [-0.1, -0.05) is 35.3 Å². The summed E-state index contributed by atoms with van der Waals surface area (Å²) in [5.74, 6) is -0.131. The number of hydrogen-bond acceptors (Lipinski definition) is 5. The molecule has 3 aromatic rings. The molecule has 0 heterocycles. The second kappa shape index (κ2) is 10.9. The highest BCUT2D eigenvalue weighted by Gasteiger charge is 2.12. The van der Waals surface area contributed by atoms with Crippen LogP contribution in [0.3, 0.4) is 0 Å². The van der Waals surface area contributed by atoms with Gasteiger partial charge < -0.3 is 9.47 Å². The van der Waals surface area contributed by atoms with E-state index in [1.807, 2.05) is 0 Å². The summed E-state index contributed by atoms with van der Waals surface area (Å²) in [4.78, 5) is 24.0. The number of hydrogen-bond donors (Lipinski definition) is 1. The minimum Gasteiger partial charge on any atom is -0.483 e. The van der Waals surface area contributed by atoms with Gasteiger partial charge in [-0.05, 0) is 76.1 Å². The average molecular weight is 522 g/mol. The fourth-order valence-electron chi connectivity index (χ4n) is 2.36. The first-order valence-electron chi connectivity index (χ1n) is 8.89. The molecule has 0 aliphatic heterocycles. The Morgan fingerprint density at radius 3 is 2.48 bits per heavy atom. The van der Waals surface area contributed by atoms with E-state index in [1.54, 1.807) is 66.7 Å². The first-order chi connectivity index (χ1) is 14.9. The van der Waals surface area contributed by atoms with Crippen molar-refractivity contribution in [1.82, 2.24) is 5.43 Å². The van der Waals surface area contributed by atoms with Crippen LogP contribution in [0.2, 0.25) is 10.0 Å². The Morgan fingerprint density at radius 2 is 1.77 bits per heavy atom. The van der Waals surface area contributed by atoms with E-state index in [2.05, 4.69) is 26.5 Å². The maximum absolute atomic E-state index is 12.2. The lowest BCUT2D eigenvalue weighted by Gasteiger charge is -2.07. The number of ether oxygens (including phenoxy) is 2. The summed E-state index contributed by atoms with van der Waals surface area (Å²) in [5.41, 5.74) is 3.35. The van der Waals surface area contributed by atoms with Crippen molar-refractivity contribution in [3.05, 3.63) is 92.4 Å². The molecule has 0 bridgehead atoms. The van der Waals surface area contributed by atoms with Crippen LogP contribution < -0.4 is 14.9 Å². The molecule has 3 rings (SSSR count). The van der Waals surface area contributed by atoms with Crippen LogP contribution in [0.15, 0.2) is 76.3 Å². The number of rotatable bonds is 7. The topological polar surface area (TPSA) is 77.0 Å². The summed E-state index contributed by atoms with van der Waals surface area (Å²) in [6.07, 6.45) is 1.45. The molecule has 0 aromatic heterocycles. The van der Waals surface area contributed by atoms with Gasteiger partial charge in [0.25, 0.3) is 5.91 Å². The van der Waals surface area contributed by atoms with Crippen LogP contribution in [0.5, 0.6) is 11.5 Å². The second-order valence-electron chi connectivity index (χ2n) is 6.09. The molecule has 3 aromatic carbocycles. The maximum Gasteiger partial charge on any atom is 0.345 e. The van der Waals surface area contributed by atoms with Gasteiger partial charge in [-0.2, -0.15) is 5.10 Å². The third-order valence-corrected chi connectivity index (χ3v) is 5.02. The van der Waals surface area contributed by atoms with Crippen molar-refractivity contribution in [2.45, 2.75) is 0 Å². The third kappa shape index (κ3) is 6.82. The molecule has 158 valence electrons. The Morgan fingerprint density at radius 1 is 1.03 bits per heavy atom. The van der Waals surface area contributed by atoms with Gasteiger partial charge in [0.1, 0.15) is 11.5 Å². The molecular weight excluding hydrogens is 507 g/mol. The van der Waals surface area contributed by atoms with E-state index < -0.39 is 11.9 Å². The molecular formula is C22H15BrCl2N2O4. The van der Waals surface area contributed by atoms with Gasteiger partial charge in [-0.15, -0.1) is 0 Å². The molecule has 0 unspecified atom stereocenters. The van der Waals surface area contributed by atoms with Crippen molar-refractivity contribution < 1.29 is 19.1 Å². The van der Waals surface area contributed by atoms with Gasteiger partial charge in [0, 0.05) is 5.02 Å². The van der Waals surface area contributed by atoms with Crippen LogP contribution in [0.25, 0.3) is 0 Å². The number of nitrogens with zero attached hydrogens (tertiary/aromatic N) is 1. The number of carbonyl (C=O) groups is 2. The van der Waals surface area contributed by atoms with Crippen LogP contribution in [-0.4, -0.2) is 24.7 Å². The maximum atomic E-state index is 12.2. The molecule has 0 aliphatic carbocycles. The minimum absolute atomic E-state index is 0.214. The molecule has 1 amide bonds. The summed E-state index contributed by atoms with van der Waals surface area (Å²) in [7, 11) is 0. The number of amides is 1. The van der Waals surface area contributed by atoms with Crippen molar-refractivity contribution in [1.29, 1.82) is 0 Å². The van der Waals surface area contributed by atoms with Crippen molar-refractivity contribution in [2.24, 2.45) is 5.10 Å². The highest BCUT2D eigenvalue weighted by Crippen LogP contribution is 2.27. The first kappa shape index (κ1) is 22.8. The molecule has 0 saturated carbocycles. The Hall–Kier alpha value is -2.87. The molecule has 9 heteroatoms. The largest absolute Gasteiger partial charge is 0.483 e. The molecule has 1 N–H and O–H groups in total. The van der Waals surface area contributed by atoms with Crippen LogP contribution in [0.1, 0.15) is 15.9 Å². The molecule has 6 nitrogen and oxygen atoms in total. The minimum atomic E-state index is -0.549. The van der Waals surface area contributed by atoms with Crippen molar-refractivity contribution in [3.8, 4) is 11.5 Å². The normalized spacial score (nSPS) is 10.7. The lowest BCUT2D eigenvalue weighted by atomic mass is 10.2. The Labute approximate surface area is 196 Å². The molecule has 31 heavy (non-hydrogen) atoms. The smallest absolute Gasteiger partial charge is 0.345 e. The van der Waals surface area contributed by atoms with E-state index in [0.29, 0.717) is 31.6 Å². The predicted molar refractivity (Wildman–Crippen MR) is 123 cm³/mol. The van der Waals surface area contributed by atoms with Crippen LogP contribution >= 0.6 is 39.1 Å². The zero-order chi connectivity index (χ0) is 22.2. The van der Waals surface area contributed by atoms with Crippen LogP contribution in [0, 0.1) is 0 Å². The lowest BCUT2D eigenvalue weighted by molar-refractivity contribution is -0.123. The number of nitrogens with one attached hydrogen (secondary N) is 1. The summed E-state index contributed by atoms with van der Waals surface area (Å²) in [6, 6.07) is 18.2. The molecule has 0 spiro atoms. The average Bonchev–Trinajstić information content (AvgIpc) is 2.74. The van der Waals surface area contributed by atoms with Gasteiger partial charge in [0.2, 0.25) is 0 Å². The molecule has 0 radical (unpaired) electrons. The standard InChI is InChI=1S/C22H15BrCl2N2O4/c23-18-11-15(24)7-10-20(18)30-13-21(28)27-26-12-14-5-8-16(9-6-14)31-22(29)17-3-1-2-4-19(17)25/h1-12H,13H2,(H,27,28)/b26-12+. The molecule has 0 aliphatic rings. The van der Waals surface area contributed by atoms with Crippen molar-refractivity contribution in [3.63, 3.8) is 0 Å². The third-order valence-electron chi connectivity index (χ3n) is 3.84. The van der Waals surface area contributed by atoms with Gasteiger partial charge in [0.05, 0.1) is 21.3 Å². The van der Waals surface area contributed by atoms with Gasteiger partial charge in [-0.25, -0.2) is 10.2 Å². The summed E-state index contributed by atoms with van der Waals surface area (Å²) in [6.45, 7) is -0.214.